The highest BCUT2D eigenvalue weighted by Gasteiger charge is 2.36. The molecule has 0 unspecified atom stereocenters. The van der Waals surface area contributed by atoms with Gasteiger partial charge in [0.05, 0.1) is 21.8 Å². The van der Waals surface area contributed by atoms with Gasteiger partial charge in [0.25, 0.3) is 11.8 Å². The summed E-state index contributed by atoms with van der Waals surface area (Å²) < 4.78 is 40.9. The van der Waals surface area contributed by atoms with Crippen LogP contribution < -0.4 is 10.6 Å². The number of nitrogens with one attached hydrogen (secondary N) is 3. The second-order valence-corrected chi connectivity index (χ2v) is 8.05. The van der Waals surface area contributed by atoms with Crippen molar-refractivity contribution in [2.45, 2.75) is 26.1 Å². The van der Waals surface area contributed by atoms with Crippen LogP contribution >= 0.6 is 11.6 Å². The zero-order valence-electron chi connectivity index (χ0n) is 17.9. The molecule has 2 amide bonds. The Balaban J connectivity index is 1.80. The number of rotatable bonds is 5. The summed E-state index contributed by atoms with van der Waals surface area (Å²) in [5.41, 5.74) is -1.05. The Kier molecular flexibility index (Phi) is 6.05. The molecule has 3 heterocycles. The van der Waals surface area contributed by atoms with E-state index in [2.05, 4.69) is 25.7 Å². The van der Waals surface area contributed by atoms with Crippen LogP contribution in [0.25, 0.3) is 16.7 Å². The van der Waals surface area contributed by atoms with Crippen molar-refractivity contribution in [1.29, 1.82) is 0 Å². The molecule has 0 bridgehead atoms. The van der Waals surface area contributed by atoms with Gasteiger partial charge in [0, 0.05) is 29.9 Å². The topological polar surface area (TPSA) is 105 Å². The average Bonchev–Trinajstić information content (AvgIpc) is 3.40. The minimum Gasteiger partial charge on any atom is -0.360 e. The van der Waals surface area contributed by atoms with Crippen molar-refractivity contribution in [3.05, 3.63) is 70.8 Å². The monoisotopic (exact) mass is 490 g/mol. The van der Waals surface area contributed by atoms with E-state index in [1.807, 2.05) is 0 Å². The molecule has 0 fully saturated rings. The quantitative estimate of drug-likeness (QED) is 0.373. The number of pyridine rings is 1. The lowest BCUT2D eigenvalue weighted by Crippen LogP contribution is -2.31. The average molecular weight is 491 g/mol. The minimum absolute atomic E-state index is 0.00169. The molecule has 0 saturated carbocycles. The van der Waals surface area contributed by atoms with E-state index in [4.69, 9.17) is 11.6 Å². The van der Waals surface area contributed by atoms with Crippen molar-refractivity contribution in [1.82, 2.24) is 25.1 Å². The second-order valence-electron chi connectivity index (χ2n) is 7.65. The molecule has 0 spiro atoms. The first kappa shape index (κ1) is 23.3. The van der Waals surface area contributed by atoms with Crippen molar-refractivity contribution in [3.8, 4) is 5.82 Å². The number of halogens is 4. The van der Waals surface area contributed by atoms with Gasteiger partial charge < -0.3 is 15.6 Å². The molecule has 0 aliphatic carbocycles. The SMILES string of the molecule is CC(C)NC(=O)c1c(NC(=O)c2cc(C(F)(F)F)nn2-c2ncccc2Cl)ccc2cc[nH]c12. The maximum absolute atomic E-state index is 13.4. The number of hydrogen-bond donors (Lipinski definition) is 3. The van der Waals surface area contributed by atoms with E-state index in [1.54, 1.807) is 32.2 Å². The molecule has 0 radical (unpaired) electrons. The molecule has 0 atom stereocenters. The molecule has 1 aromatic carbocycles. The number of aromatic nitrogens is 4. The molecule has 176 valence electrons. The number of nitrogens with zero attached hydrogens (tertiary/aromatic N) is 3. The first-order valence-electron chi connectivity index (χ1n) is 10.1. The van der Waals surface area contributed by atoms with Crippen molar-refractivity contribution in [2.75, 3.05) is 5.32 Å². The third kappa shape index (κ3) is 4.46. The van der Waals surface area contributed by atoms with Crippen LogP contribution in [0.3, 0.4) is 0 Å². The Morgan fingerprint density at radius 3 is 2.59 bits per heavy atom. The lowest BCUT2D eigenvalue weighted by Gasteiger charge is -2.15. The first-order chi connectivity index (χ1) is 16.1. The highest BCUT2D eigenvalue weighted by atomic mass is 35.5. The Labute approximate surface area is 196 Å². The molecule has 4 rings (SSSR count). The molecule has 0 aliphatic heterocycles. The molecule has 12 heteroatoms. The van der Waals surface area contributed by atoms with Gasteiger partial charge in [0.15, 0.2) is 11.5 Å². The zero-order chi connectivity index (χ0) is 24.6. The third-order valence-electron chi connectivity index (χ3n) is 4.80. The van der Waals surface area contributed by atoms with Gasteiger partial charge in [-0.1, -0.05) is 17.7 Å². The second kappa shape index (κ2) is 8.82. The summed E-state index contributed by atoms with van der Waals surface area (Å²) in [4.78, 5) is 33.0. The number of carbonyl (C=O) groups excluding carboxylic acids is 2. The van der Waals surface area contributed by atoms with Gasteiger partial charge in [-0.25, -0.2) is 9.67 Å². The van der Waals surface area contributed by atoms with E-state index < -0.39 is 29.4 Å². The number of H-pyrrole nitrogens is 1. The molecule has 8 nitrogen and oxygen atoms in total. The standard InChI is InChI=1S/C22H18ClF3N6O2/c1-11(2)29-21(34)17-14(6-5-12-7-9-27-18(12)17)30-20(33)15-10-16(22(24,25)26)31-32(15)19-13(23)4-3-8-28-19/h3-11,27H,1-2H3,(H,29,34)(H,30,33). The van der Waals surface area contributed by atoms with Crippen LogP contribution in [0.2, 0.25) is 5.02 Å². The molecular formula is C22H18ClF3N6O2. The van der Waals surface area contributed by atoms with Gasteiger partial charge in [-0.15, -0.1) is 0 Å². The maximum Gasteiger partial charge on any atom is 0.435 e. The van der Waals surface area contributed by atoms with E-state index in [-0.39, 0.29) is 28.1 Å². The van der Waals surface area contributed by atoms with E-state index >= 15 is 0 Å². The van der Waals surface area contributed by atoms with Gasteiger partial charge >= 0.3 is 6.18 Å². The lowest BCUT2D eigenvalue weighted by molar-refractivity contribution is -0.141. The fourth-order valence-electron chi connectivity index (χ4n) is 3.36. The smallest absolute Gasteiger partial charge is 0.360 e. The van der Waals surface area contributed by atoms with Crippen LogP contribution in [0.1, 0.15) is 40.4 Å². The highest BCUT2D eigenvalue weighted by Crippen LogP contribution is 2.31. The number of amides is 2. The third-order valence-corrected chi connectivity index (χ3v) is 5.09. The van der Waals surface area contributed by atoms with Crippen LogP contribution in [-0.4, -0.2) is 37.6 Å². The maximum atomic E-state index is 13.4. The first-order valence-corrected chi connectivity index (χ1v) is 10.4. The molecule has 0 saturated heterocycles. The Morgan fingerprint density at radius 1 is 1.15 bits per heavy atom. The fourth-order valence-corrected chi connectivity index (χ4v) is 3.57. The van der Waals surface area contributed by atoms with E-state index in [0.29, 0.717) is 11.6 Å². The minimum atomic E-state index is -4.81. The van der Waals surface area contributed by atoms with Crippen LogP contribution in [0.4, 0.5) is 18.9 Å². The van der Waals surface area contributed by atoms with Crippen LogP contribution in [0.5, 0.6) is 0 Å². The summed E-state index contributed by atoms with van der Waals surface area (Å²) in [6.45, 7) is 3.55. The Bertz CT molecular complexity index is 1390. The molecule has 3 N–H and O–H groups in total. The summed E-state index contributed by atoms with van der Waals surface area (Å²) in [5, 5.41) is 9.53. The van der Waals surface area contributed by atoms with E-state index in [0.717, 1.165) is 10.1 Å². The largest absolute Gasteiger partial charge is 0.435 e. The van der Waals surface area contributed by atoms with E-state index in [1.165, 1.54) is 24.4 Å². The van der Waals surface area contributed by atoms with Gasteiger partial charge in [0.2, 0.25) is 0 Å². The summed E-state index contributed by atoms with van der Waals surface area (Å²) in [5.74, 6) is -1.55. The number of anilines is 1. The summed E-state index contributed by atoms with van der Waals surface area (Å²) in [7, 11) is 0. The normalized spacial score (nSPS) is 11.7. The molecule has 3 aromatic heterocycles. The number of fused-ring (bicyclic) bond motifs is 1. The molecule has 4 aromatic rings. The van der Waals surface area contributed by atoms with Gasteiger partial charge in [-0.05, 0) is 38.1 Å². The Hall–Kier alpha value is -3.86. The van der Waals surface area contributed by atoms with Gasteiger partial charge in [0.1, 0.15) is 5.69 Å². The lowest BCUT2D eigenvalue weighted by atomic mass is 10.1. The number of aromatic amines is 1. The summed E-state index contributed by atoms with van der Waals surface area (Å²) in [6.07, 6.45) is -1.87. The Morgan fingerprint density at radius 2 is 1.91 bits per heavy atom. The number of alkyl halides is 3. The van der Waals surface area contributed by atoms with Gasteiger partial charge in [-0.2, -0.15) is 18.3 Å². The summed E-state index contributed by atoms with van der Waals surface area (Å²) >= 11 is 6.09. The van der Waals surface area contributed by atoms with Crippen molar-refractivity contribution < 1.29 is 22.8 Å². The van der Waals surface area contributed by atoms with Crippen molar-refractivity contribution in [2.24, 2.45) is 0 Å². The van der Waals surface area contributed by atoms with E-state index in [9.17, 15) is 22.8 Å². The predicted molar refractivity (Wildman–Crippen MR) is 120 cm³/mol. The van der Waals surface area contributed by atoms with Gasteiger partial charge in [-0.3, -0.25) is 9.59 Å². The fraction of sp³-hybridized carbons (Fsp3) is 0.182. The van der Waals surface area contributed by atoms with Crippen molar-refractivity contribution in [3.63, 3.8) is 0 Å². The zero-order valence-corrected chi connectivity index (χ0v) is 18.6. The highest BCUT2D eigenvalue weighted by molar-refractivity contribution is 6.32. The molecule has 0 aliphatic rings. The van der Waals surface area contributed by atoms with Crippen LogP contribution in [0.15, 0.2) is 48.8 Å². The van der Waals surface area contributed by atoms with Crippen LogP contribution in [-0.2, 0) is 6.18 Å². The van der Waals surface area contributed by atoms with Crippen molar-refractivity contribution >= 4 is 40.0 Å². The summed E-state index contributed by atoms with van der Waals surface area (Å²) in [6, 6.07) is 8.23. The molecule has 34 heavy (non-hydrogen) atoms. The number of hydrogen-bond acceptors (Lipinski definition) is 4. The predicted octanol–water partition coefficient (Wildman–Crippen LogP) is 4.81. The molecular weight excluding hydrogens is 473 g/mol. The number of benzene rings is 1. The number of carbonyl (C=O) groups is 2. The van der Waals surface area contributed by atoms with Crippen LogP contribution in [0, 0.1) is 0 Å².